The molecule has 0 aliphatic rings. The Morgan fingerprint density at radius 2 is 1.86 bits per heavy atom. The summed E-state index contributed by atoms with van der Waals surface area (Å²) in [6.07, 6.45) is 0.616. The van der Waals surface area contributed by atoms with E-state index in [0.717, 1.165) is 0 Å². The van der Waals surface area contributed by atoms with Crippen LogP contribution in [-0.4, -0.2) is 29.0 Å². The van der Waals surface area contributed by atoms with Gasteiger partial charge in [-0.25, -0.2) is 4.57 Å². The van der Waals surface area contributed by atoms with E-state index in [2.05, 4.69) is 9.26 Å². The van der Waals surface area contributed by atoms with Crippen molar-refractivity contribution in [3.05, 3.63) is 0 Å². The number of carbonyl (C=O) groups is 1. The number of phosphoric ester groups is 1. The fourth-order valence-electron chi connectivity index (χ4n) is 0.413. The van der Waals surface area contributed by atoms with Gasteiger partial charge in [0, 0.05) is 6.92 Å². The summed E-state index contributed by atoms with van der Waals surface area (Å²) in [6.45, 7) is 5.54. The number of hydrogen-bond donors (Lipinski definition) is 2. The second-order valence-electron chi connectivity index (χ2n) is 2.25. The third-order valence-electron chi connectivity index (χ3n) is 0.811. The van der Waals surface area contributed by atoms with E-state index in [0.29, 0.717) is 13.0 Å². The molecule has 0 saturated carbocycles. The lowest BCUT2D eigenvalue weighted by Gasteiger charge is -2.00. The summed E-state index contributed by atoms with van der Waals surface area (Å²) in [7, 11) is -4.18. The fourth-order valence-corrected chi connectivity index (χ4v) is 0.834. The van der Waals surface area contributed by atoms with E-state index in [-0.39, 0.29) is 12.6 Å². The Bertz CT molecular complexity index is 187. The first-order valence-corrected chi connectivity index (χ1v) is 5.70. The Labute approximate surface area is 83.5 Å². The molecule has 7 heteroatoms. The zero-order valence-corrected chi connectivity index (χ0v) is 9.49. The van der Waals surface area contributed by atoms with E-state index in [1.54, 1.807) is 13.8 Å². The maximum absolute atomic E-state index is 9.86. The van der Waals surface area contributed by atoms with Gasteiger partial charge in [0.1, 0.15) is 0 Å². The highest BCUT2D eigenvalue weighted by Crippen LogP contribution is 2.35. The highest BCUT2D eigenvalue weighted by Gasteiger charge is 2.11. The third-order valence-corrected chi connectivity index (χ3v) is 1.33. The lowest BCUT2D eigenvalue weighted by Crippen LogP contribution is -1.95. The lowest BCUT2D eigenvalue weighted by molar-refractivity contribution is -0.140. The molecule has 2 N–H and O–H groups in total. The molecule has 14 heavy (non-hydrogen) atoms. The van der Waals surface area contributed by atoms with Gasteiger partial charge in [-0.3, -0.25) is 9.32 Å². The number of ether oxygens (including phenoxy) is 1. The number of rotatable bonds is 4. The van der Waals surface area contributed by atoms with Gasteiger partial charge in [0.15, 0.2) is 0 Å². The molecule has 0 saturated heterocycles. The first-order chi connectivity index (χ1) is 6.33. The number of phosphoric acid groups is 1. The van der Waals surface area contributed by atoms with E-state index in [1.165, 1.54) is 6.92 Å². The van der Waals surface area contributed by atoms with Crippen LogP contribution in [-0.2, 0) is 18.6 Å². The maximum Gasteiger partial charge on any atom is 0.469 e. The van der Waals surface area contributed by atoms with Crippen LogP contribution in [0.5, 0.6) is 0 Å². The number of hydrogen-bond acceptors (Lipinski definition) is 4. The Morgan fingerprint density at radius 1 is 1.36 bits per heavy atom. The van der Waals surface area contributed by atoms with E-state index < -0.39 is 7.82 Å². The first kappa shape index (κ1) is 16.0. The largest absolute Gasteiger partial charge is 0.469 e. The molecule has 0 aromatic heterocycles. The van der Waals surface area contributed by atoms with E-state index in [9.17, 15) is 9.36 Å². The molecule has 0 fully saturated rings. The van der Waals surface area contributed by atoms with Crippen LogP contribution in [0.2, 0.25) is 0 Å². The molecular weight excluding hydrogens is 211 g/mol. The average Bonchev–Trinajstić information content (AvgIpc) is 2.00. The smallest absolute Gasteiger partial charge is 0.466 e. The van der Waals surface area contributed by atoms with E-state index >= 15 is 0 Å². The van der Waals surface area contributed by atoms with E-state index in [1.807, 2.05) is 0 Å². The molecule has 0 unspecified atom stereocenters. The molecule has 0 aliphatic heterocycles. The summed E-state index contributed by atoms with van der Waals surface area (Å²) < 4.78 is 18.3. The van der Waals surface area contributed by atoms with Crippen molar-refractivity contribution in [1.82, 2.24) is 0 Å². The summed E-state index contributed by atoms with van der Waals surface area (Å²) in [5, 5.41) is 0. The van der Waals surface area contributed by atoms with Crippen molar-refractivity contribution in [2.24, 2.45) is 0 Å². The predicted octanol–water partition coefficient (Wildman–Crippen LogP) is 1.08. The van der Waals surface area contributed by atoms with Crippen molar-refractivity contribution in [2.45, 2.75) is 27.2 Å². The molecule has 0 aromatic carbocycles. The van der Waals surface area contributed by atoms with Crippen LogP contribution in [0.3, 0.4) is 0 Å². The van der Waals surface area contributed by atoms with Gasteiger partial charge in [-0.2, -0.15) is 0 Å². The van der Waals surface area contributed by atoms with Crippen LogP contribution in [0.1, 0.15) is 27.2 Å². The third kappa shape index (κ3) is 22.6. The lowest BCUT2D eigenvalue weighted by atomic mass is 10.5. The Balaban J connectivity index is 0. The zero-order chi connectivity index (χ0) is 11.6. The second kappa shape index (κ2) is 9.15. The van der Waals surface area contributed by atoms with Crippen LogP contribution in [0.25, 0.3) is 0 Å². The van der Waals surface area contributed by atoms with Gasteiger partial charge in [-0.05, 0) is 13.3 Å². The minimum absolute atomic E-state index is 0.115. The standard InChI is InChI=1S/C4H8O2.C3H9O4P/c1-3-6-4(2)5;1-2-3-7-8(4,5)6/h3H2,1-2H3;2-3H2,1H3,(H2,4,5,6). The molecule has 0 spiro atoms. The van der Waals surface area contributed by atoms with Crippen molar-refractivity contribution in [3.8, 4) is 0 Å². The van der Waals surface area contributed by atoms with Gasteiger partial charge in [-0.15, -0.1) is 0 Å². The van der Waals surface area contributed by atoms with Crippen LogP contribution < -0.4 is 0 Å². The highest BCUT2D eigenvalue weighted by atomic mass is 31.2. The van der Waals surface area contributed by atoms with Crippen molar-refractivity contribution in [3.63, 3.8) is 0 Å². The van der Waals surface area contributed by atoms with Gasteiger partial charge >= 0.3 is 13.8 Å². The molecule has 86 valence electrons. The van der Waals surface area contributed by atoms with Crippen molar-refractivity contribution < 1.29 is 28.4 Å². The van der Waals surface area contributed by atoms with Crippen LogP contribution in [0, 0.1) is 0 Å². The molecular formula is C7H17O6P. The summed E-state index contributed by atoms with van der Waals surface area (Å²) in [6, 6.07) is 0. The molecule has 0 heterocycles. The van der Waals surface area contributed by atoms with Crippen LogP contribution in [0.15, 0.2) is 0 Å². The molecule has 0 atom stereocenters. The van der Waals surface area contributed by atoms with Crippen molar-refractivity contribution in [2.75, 3.05) is 13.2 Å². The predicted molar refractivity (Wildman–Crippen MR) is 50.6 cm³/mol. The fraction of sp³-hybridized carbons (Fsp3) is 0.857. The Morgan fingerprint density at radius 3 is 1.93 bits per heavy atom. The Kier molecular flexibility index (Phi) is 10.5. The van der Waals surface area contributed by atoms with Crippen molar-refractivity contribution in [1.29, 1.82) is 0 Å². The number of esters is 1. The minimum Gasteiger partial charge on any atom is -0.466 e. The zero-order valence-electron chi connectivity index (χ0n) is 8.60. The molecule has 0 rings (SSSR count). The van der Waals surface area contributed by atoms with Gasteiger partial charge in [-0.1, -0.05) is 6.92 Å². The molecule has 6 nitrogen and oxygen atoms in total. The average molecular weight is 228 g/mol. The van der Waals surface area contributed by atoms with E-state index in [4.69, 9.17) is 9.79 Å². The van der Waals surface area contributed by atoms with Crippen molar-refractivity contribution >= 4 is 13.8 Å². The first-order valence-electron chi connectivity index (χ1n) is 4.16. The Hall–Kier alpha value is -0.420. The SMILES string of the molecule is CCCOP(=O)(O)O.CCOC(C)=O. The van der Waals surface area contributed by atoms with Gasteiger partial charge in [0.25, 0.3) is 0 Å². The molecule has 0 aromatic rings. The molecule has 0 radical (unpaired) electrons. The summed E-state index contributed by atoms with van der Waals surface area (Å²) in [5.41, 5.74) is 0. The molecule has 0 bridgehead atoms. The quantitative estimate of drug-likeness (QED) is 0.552. The van der Waals surface area contributed by atoms with Gasteiger partial charge in [0.2, 0.25) is 0 Å². The molecule has 0 aliphatic carbocycles. The van der Waals surface area contributed by atoms with Gasteiger partial charge in [0.05, 0.1) is 13.2 Å². The number of carbonyl (C=O) groups excluding carboxylic acids is 1. The topological polar surface area (TPSA) is 93.1 Å². The van der Waals surface area contributed by atoms with Gasteiger partial charge < -0.3 is 14.5 Å². The monoisotopic (exact) mass is 228 g/mol. The normalized spacial score (nSPS) is 10.1. The minimum atomic E-state index is -4.18. The second-order valence-corrected chi connectivity index (χ2v) is 3.49. The van der Waals surface area contributed by atoms with Crippen LogP contribution in [0.4, 0.5) is 0 Å². The maximum atomic E-state index is 9.86. The summed E-state index contributed by atoms with van der Waals surface area (Å²) >= 11 is 0. The van der Waals surface area contributed by atoms with Crippen LogP contribution >= 0.6 is 7.82 Å². The highest BCUT2D eigenvalue weighted by molar-refractivity contribution is 7.46. The molecule has 0 amide bonds. The summed E-state index contributed by atoms with van der Waals surface area (Å²) in [5.74, 6) is -0.211. The summed E-state index contributed by atoms with van der Waals surface area (Å²) in [4.78, 5) is 25.9.